The minimum Gasteiger partial charge on any atom is -0.389 e. The topological polar surface area (TPSA) is 49.3 Å². The van der Waals surface area contributed by atoms with Gasteiger partial charge in [-0.3, -0.25) is 4.79 Å². The summed E-state index contributed by atoms with van der Waals surface area (Å²) in [5.41, 5.74) is 3.46. The average molecular weight is 281 g/mol. The molecular formula is C18H19NO2. The van der Waals surface area contributed by atoms with E-state index in [9.17, 15) is 9.90 Å². The molecule has 3 heteroatoms. The van der Waals surface area contributed by atoms with Crippen molar-refractivity contribution in [3.8, 4) is 0 Å². The van der Waals surface area contributed by atoms with Gasteiger partial charge in [0.1, 0.15) is 0 Å². The summed E-state index contributed by atoms with van der Waals surface area (Å²) in [6.45, 7) is 3.71. The maximum atomic E-state index is 12.0. The summed E-state index contributed by atoms with van der Waals surface area (Å²) in [5.74, 6) is -0.0471. The molecule has 0 heterocycles. The summed E-state index contributed by atoms with van der Waals surface area (Å²) in [4.78, 5) is 12.0. The molecule has 2 aromatic rings. The fourth-order valence-electron chi connectivity index (χ4n) is 1.92. The highest BCUT2D eigenvalue weighted by Crippen LogP contribution is 2.17. The van der Waals surface area contributed by atoms with Crippen LogP contribution in [0.15, 0.2) is 60.8 Å². The molecule has 108 valence electrons. The van der Waals surface area contributed by atoms with E-state index in [1.165, 1.54) is 6.08 Å². The van der Waals surface area contributed by atoms with E-state index in [2.05, 4.69) is 5.32 Å². The van der Waals surface area contributed by atoms with E-state index in [1.54, 1.807) is 13.1 Å². The van der Waals surface area contributed by atoms with Crippen LogP contribution >= 0.6 is 0 Å². The molecule has 0 amide bonds. The lowest BCUT2D eigenvalue weighted by atomic mass is 10.1. The van der Waals surface area contributed by atoms with Gasteiger partial charge < -0.3 is 10.4 Å². The number of rotatable bonds is 5. The molecule has 0 aromatic heterocycles. The van der Waals surface area contributed by atoms with Gasteiger partial charge in [-0.25, -0.2) is 0 Å². The quantitative estimate of drug-likeness (QED) is 0.646. The van der Waals surface area contributed by atoms with Crippen LogP contribution in [0.1, 0.15) is 34.5 Å². The second-order valence-corrected chi connectivity index (χ2v) is 5.01. The number of benzene rings is 2. The molecule has 0 aliphatic carbocycles. The van der Waals surface area contributed by atoms with Gasteiger partial charge >= 0.3 is 0 Å². The Morgan fingerprint density at radius 2 is 1.90 bits per heavy atom. The minimum absolute atomic E-state index is 0.0471. The van der Waals surface area contributed by atoms with Crippen molar-refractivity contribution in [3.05, 3.63) is 77.5 Å². The minimum atomic E-state index is -0.509. The number of aliphatic hydroxyl groups is 1. The average Bonchev–Trinajstić information content (AvgIpc) is 2.48. The van der Waals surface area contributed by atoms with E-state index >= 15 is 0 Å². The maximum absolute atomic E-state index is 12.0. The number of ketones is 1. The highest BCUT2D eigenvalue weighted by molar-refractivity contribution is 6.04. The zero-order valence-electron chi connectivity index (χ0n) is 12.2. The molecule has 0 aliphatic heterocycles. The summed E-state index contributed by atoms with van der Waals surface area (Å²) in [6.07, 6.45) is 2.60. The molecule has 1 atom stereocenters. The second kappa shape index (κ2) is 6.86. The second-order valence-electron chi connectivity index (χ2n) is 5.01. The first kappa shape index (κ1) is 15.0. The van der Waals surface area contributed by atoms with Crippen molar-refractivity contribution in [1.82, 2.24) is 0 Å². The molecule has 2 rings (SSSR count). The summed E-state index contributed by atoms with van der Waals surface area (Å²) < 4.78 is 0. The molecule has 21 heavy (non-hydrogen) atoms. The van der Waals surface area contributed by atoms with Gasteiger partial charge in [0.25, 0.3) is 0 Å². The third-order valence-electron chi connectivity index (χ3n) is 3.19. The number of anilines is 1. The van der Waals surface area contributed by atoms with Crippen LogP contribution in [-0.4, -0.2) is 10.9 Å². The third-order valence-corrected chi connectivity index (χ3v) is 3.19. The van der Waals surface area contributed by atoms with Gasteiger partial charge in [0, 0.05) is 23.5 Å². The fourth-order valence-corrected chi connectivity index (χ4v) is 1.92. The number of aryl methyl sites for hydroxylation is 1. The maximum Gasteiger partial charge on any atom is 0.187 e. The molecule has 0 aliphatic rings. The first-order valence-electron chi connectivity index (χ1n) is 6.88. The van der Waals surface area contributed by atoms with E-state index in [-0.39, 0.29) is 5.78 Å². The lowest BCUT2D eigenvalue weighted by Crippen LogP contribution is -1.97. The summed E-state index contributed by atoms with van der Waals surface area (Å²) in [5, 5.41) is 12.6. The van der Waals surface area contributed by atoms with Crippen LogP contribution in [-0.2, 0) is 0 Å². The van der Waals surface area contributed by atoms with Gasteiger partial charge in [0.2, 0.25) is 0 Å². The Kier molecular flexibility index (Phi) is 4.90. The van der Waals surface area contributed by atoms with Crippen LogP contribution in [0.5, 0.6) is 0 Å². The predicted molar refractivity (Wildman–Crippen MR) is 85.3 cm³/mol. The number of nitrogens with one attached hydrogen (secondary N) is 1. The number of hydrogen-bond acceptors (Lipinski definition) is 3. The number of aliphatic hydroxyl groups excluding tert-OH is 1. The Morgan fingerprint density at radius 3 is 2.57 bits per heavy atom. The molecule has 0 fully saturated rings. The molecule has 3 nitrogen and oxygen atoms in total. The zero-order valence-corrected chi connectivity index (χ0v) is 12.2. The number of hydrogen-bond donors (Lipinski definition) is 2. The van der Waals surface area contributed by atoms with Crippen molar-refractivity contribution < 1.29 is 9.90 Å². The van der Waals surface area contributed by atoms with Crippen molar-refractivity contribution >= 4 is 11.5 Å². The molecule has 0 bridgehead atoms. The number of carbonyl (C=O) groups is 1. The summed E-state index contributed by atoms with van der Waals surface area (Å²) in [6, 6.07) is 14.9. The Morgan fingerprint density at radius 1 is 1.19 bits per heavy atom. The predicted octanol–water partition coefficient (Wildman–Crippen LogP) is 3.86. The third kappa shape index (κ3) is 4.29. The monoisotopic (exact) mass is 281 g/mol. The SMILES string of the molecule is Cc1ccc(C(=O)/C=C/Nc2cccc([C@H](C)O)c2)cc1. The van der Waals surface area contributed by atoms with Crippen LogP contribution in [0.25, 0.3) is 0 Å². The van der Waals surface area contributed by atoms with Gasteiger partial charge in [-0.15, -0.1) is 0 Å². The lowest BCUT2D eigenvalue weighted by Gasteiger charge is -2.07. The van der Waals surface area contributed by atoms with E-state index in [0.29, 0.717) is 5.56 Å². The first-order valence-corrected chi connectivity index (χ1v) is 6.88. The molecule has 0 saturated heterocycles. The Labute approximate surface area is 124 Å². The van der Waals surface area contributed by atoms with Crippen molar-refractivity contribution in [2.75, 3.05) is 5.32 Å². The molecule has 2 N–H and O–H groups in total. The van der Waals surface area contributed by atoms with Crippen LogP contribution in [0.4, 0.5) is 5.69 Å². The van der Waals surface area contributed by atoms with Crippen molar-refractivity contribution in [3.63, 3.8) is 0 Å². The molecular weight excluding hydrogens is 262 g/mol. The Bertz CT molecular complexity index is 643. The van der Waals surface area contributed by atoms with E-state index in [1.807, 2.05) is 55.5 Å². The van der Waals surface area contributed by atoms with Crippen LogP contribution < -0.4 is 5.32 Å². The van der Waals surface area contributed by atoms with Gasteiger partial charge in [-0.1, -0.05) is 42.0 Å². The van der Waals surface area contributed by atoms with Gasteiger partial charge in [0.05, 0.1) is 6.10 Å². The Balaban J connectivity index is 2.00. The standard InChI is InChI=1S/C18H19NO2/c1-13-6-8-15(9-7-13)18(21)10-11-19-17-5-3-4-16(12-17)14(2)20/h3-12,14,19-20H,1-2H3/b11-10+/t14-/m0/s1. The van der Waals surface area contributed by atoms with Crippen molar-refractivity contribution in [2.24, 2.45) is 0 Å². The smallest absolute Gasteiger partial charge is 0.187 e. The van der Waals surface area contributed by atoms with Gasteiger partial charge in [0.15, 0.2) is 5.78 Å². The molecule has 0 spiro atoms. The largest absolute Gasteiger partial charge is 0.389 e. The highest BCUT2D eigenvalue weighted by atomic mass is 16.3. The normalized spacial score (nSPS) is 12.3. The number of carbonyl (C=O) groups excluding carboxylic acids is 1. The van der Waals surface area contributed by atoms with Crippen molar-refractivity contribution in [2.45, 2.75) is 20.0 Å². The lowest BCUT2D eigenvalue weighted by molar-refractivity contribution is 0.104. The van der Waals surface area contributed by atoms with Crippen LogP contribution in [0.2, 0.25) is 0 Å². The fraction of sp³-hybridized carbons (Fsp3) is 0.167. The molecule has 0 unspecified atom stereocenters. The van der Waals surface area contributed by atoms with E-state index in [4.69, 9.17) is 0 Å². The molecule has 0 radical (unpaired) electrons. The Hall–Kier alpha value is -2.39. The summed E-state index contributed by atoms with van der Waals surface area (Å²) >= 11 is 0. The highest BCUT2D eigenvalue weighted by Gasteiger charge is 2.02. The first-order chi connectivity index (χ1) is 10.1. The van der Waals surface area contributed by atoms with Crippen LogP contribution in [0, 0.1) is 6.92 Å². The number of allylic oxidation sites excluding steroid dienone is 1. The van der Waals surface area contributed by atoms with Gasteiger partial charge in [-0.2, -0.15) is 0 Å². The molecule has 2 aromatic carbocycles. The molecule has 0 saturated carbocycles. The zero-order chi connectivity index (χ0) is 15.2. The van der Waals surface area contributed by atoms with Gasteiger partial charge in [-0.05, 0) is 31.5 Å². The van der Waals surface area contributed by atoms with Crippen LogP contribution in [0.3, 0.4) is 0 Å². The van der Waals surface area contributed by atoms with E-state index in [0.717, 1.165) is 16.8 Å². The van der Waals surface area contributed by atoms with E-state index < -0.39 is 6.10 Å². The van der Waals surface area contributed by atoms with Crippen molar-refractivity contribution in [1.29, 1.82) is 0 Å². The summed E-state index contributed by atoms with van der Waals surface area (Å²) in [7, 11) is 0.